The van der Waals surface area contributed by atoms with Gasteiger partial charge in [0.2, 0.25) is 11.8 Å². The molecule has 0 bridgehead atoms. The van der Waals surface area contributed by atoms with Crippen LogP contribution < -0.4 is 5.32 Å². The Morgan fingerprint density at radius 1 is 1.33 bits per heavy atom. The second-order valence-corrected chi connectivity index (χ2v) is 4.61. The van der Waals surface area contributed by atoms with Crippen LogP contribution >= 0.6 is 0 Å². The van der Waals surface area contributed by atoms with Gasteiger partial charge in [-0.2, -0.15) is 0 Å². The molecule has 1 fully saturated rings. The van der Waals surface area contributed by atoms with Crippen LogP contribution in [-0.2, 0) is 14.3 Å². The molecule has 18 heavy (non-hydrogen) atoms. The van der Waals surface area contributed by atoms with Gasteiger partial charge in [-0.15, -0.1) is 0 Å². The number of carbonyl (C=O) groups excluding carboxylic acids is 2. The Morgan fingerprint density at radius 2 is 2.06 bits per heavy atom. The van der Waals surface area contributed by atoms with Crippen molar-refractivity contribution in [3.05, 3.63) is 0 Å². The van der Waals surface area contributed by atoms with Crippen LogP contribution in [-0.4, -0.2) is 48.6 Å². The zero-order valence-electron chi connectivity index (χ0n) is 11.6. The molecule has 5 nitrogen and oxygen atoms in total. The van der Waals surface area contributed by atoms with E-state index in [4.69, 9.17) is 4.74 Å². The molecule has 2 atom stereocenters. The van der Waals surface area contributed by atoms with Crippen LogP contribution in [0.3, 0.4) is 0 Å². The molecule has 1 N–H and O–H groups in total. The van der Waals surface area contributed by atoms with Crippen molar-refractivity contribution in [2.45, 2.75) is 52.1 Å². The molecular formula is C13H24N2O3. The molecule has 0 spiro atoms. The molecule has 1 saturated heterocycles. The van der Waals surface area contributed by atoms with Gasteiger partial charge in [0.05, 0.1) is 0 Å². The number of rotatable bonds is 7. The van der Waals surface area contributed by atoms with E-state index in [0.717, 1.165) is 12.8 Å². The summed E-state index contributed by atoms with van der Waals surface area (Å²) in [7, 11) is 0. The first-order chi connectivity index (χ1) is 8.61. The number of hydrogen-bond donors (Lipinski definition) is 1. The molecular weight excluding hydrogens is 232 g/mol. The van der Waals surface area contributed by atoms with Crippen molar-refractivity contribution >= 4 is 11.8 Å². The third kappa shape index (κ3) is 3.70. The lowest BCUT2D eigenvalue weighted by atomic mass is 10.0. The number of carbonyl (C=O) groups is 2. The van der Waals surface area contributed by atoms with Crippen molar-refractivity contribution in [1.82, 2.24) is 10.2 Å². The summed E-state index contributed by atoms with van der Waals surface area (Å²) in [5.74, 6) is -0.00934. The van der Waals surface area contributed by atoms with Gasteiger partial charge < -0.3 is 15.0 Å². The van der Waals surface area contributed by atoms with E-state index in [0.29, 0.717) is 26.2 Å². The fourth-order valence-corrected chi connectivity index (χ4v) is 2.16. The Hall–Kier alpha value is -1.10. The Morgan fingerprint density at radius 3 is 2.67 bits per heavy atom. The number of piperazine rings is 1. The van der Waals surface area contributed by atoms with Crippen LogP contribution in [0.2, 0.25) is 0 Å². The molecule has 0 saturated carbocycles. The van der Waals surface area contributed by atoms with Gasteiger partial charge in [0, 0.05) is 19.8 Å². The summed E-state index contributed by atoms with van der Waals surface area (Å²) in [6.07, 6.45) is 2.37. The number of hydrogen-bond acceptors (Lipinski definition) is 3. The molecule has 0 aliphatic carbocycles. The topological polar surface area (TPSA) is 58.6 Å². The van der Waals surface area contributed by atoms with Crippen molar-refractivity contribution in [2.24, 2.45) is 0 Å². The van der Waals surface area contributed by atoms with Gasteiger partial charge in [0.25, 0.3) is 0 Å². The number of amides is 2. The summed E-state index contributed by atoms with van der Waals surface area (Å²) in [5.41, 5.74) is 0. The average Bonchev–Trinajstić information content (AvgIpc) is 2.35. The molecule has 104 valence electrons. The summed E-state index contributed by atoms with van der Waals surface area (Å²) in [6, 6.07) is -0.710. The van der Waals surface area contributed by atoms with Gasteiger partial charge >= 0.3 is 0 Å². The molecule has 1 aliphatic heterocycles. The normalized spacial score (nSPS) is 24.3. The lowest BCUT2D eigenvalue weighted by Gasteiger charge is -2.37. The maximum Gasteiger partial charge on any atom is 0.245 e. The first-order valence-corrected chi connectivity index (χ1v) is 6.80. The van der Waals surface area contributed by atoms with Gasteiger partial charge in [0.15, 0.2) is 0 Å². The van der Waals surface area contributed by atoms with E-state index >= 15 is 0 Å². The van der Waals surface area contributed by atoms with E-state index in [2.05, 4.69) is 5.32 Å². The molecule has 1 rings (SSSR count). The Kier molecular flexibility index (Phi) is 6.12. The van der Waals surface area contributed by atoms with Crippen LogP contribution in [0.5, 0.6) is 0 Å². The zero-order chi connectivity index (χ0) is 13.5. The molecule has 2 unspecified atom stereocenters. The van der Waals surface area contributed by atoms with E-state index in [-0.39, 0.29) is 23.9 Å². The summed E-state index contributed by atoms with van der Waals surface area (Å²) in [4.78, 5) is 25.7. The lowest BCUT2D eigenvalue weighted by molar-refractivity contribution is -0.149. The molecule has 1 aliphatic rings. The summed E-state index contributed by atoms with van der Waals surface area (Å²) in [5, 5.41) is 2.79. The molecule has 0 radical (unpaired) electrons. The lowest BCUT2D eigenvalue weighted by Crippen LogP contribution is -2.62. The van der Waals surface area contributed by atoms with Crippen LogP contribution in [0.15, 0.2) is 0 Å². The number of nitrogens with one attached hydrogen (secondary N) is 1. The molecule has 0 aromatic heterocycles. The van der Waals surface area contributed by atoms with E-state index in [9.17, 15) is 9.59 Å². The Balaban J connectivity index is 2.55. The van der Waals surface area contributed by atoms with Gasteiger partial charge in [-0.1, -0.05) is 13.3 Å². The maximum absolute atomic E-state index is 12.2. The molecule has 5 heteroatoms. The third-order valence-corrected chi connectivity index (χ3v) is 3.21. The second-order valence-electron chi connectivity index (χ2n) is 4.61. The minimum atomic E-state index is -0.368. The minimum Gasteiger partial charge on any atom is -0.382 e. The highest BCUT2D eigenvalue weighted by Gasteiger charge is 2.36. The van der Waals surface area contributed by atoms with Crippen LogP contribution in [0.4, 0.5) is 0 Å². The number of ether oxygens (including phenoxy) is 1. The standard InChI is InChI=1S/C13H24N2O3/c1-4-7-11-13(17)15(8-6-9-18-5-2)10(3)12(16)14-11/h10-11H,4-9H2,1-3H3,(H,14,16). The zero-order valence-corrected chi connectivity index (χ0v) is 11.6. The predicted molar refractivity (Wildman–Crippen MR) is 69.1 cm³/mol. The van der Waals surface area contributed by atoms with Gasteiger partial charge in [0.1, 0.15) is 12.1 Å². The summed E-state index contributed by atoms with van der Waals surface area (Å²) < 4.78 is 5.26. The first kappa shape index (κ1) is 15.0. The van der Waals surface area contributed by atoms with E-state index in [1.165, 1.54) is 0 Å². The van der Waals surface area contributed by atoms with Gasteiger partial charge in [-0.3, -0.25) is 9.59 Å². The highest BCUT2D eigenvalue weighted by Crippen LogP contribution is 2.13. The monoisotopic (exact) mass is 256 g/mol. The first-order valence-electron chi connectivity index (χ1n) is 6.80. The summed E-state index contributed by atoms with van der Waals surface area (Å²) in [6.45, 7) is 7.63. The van der Waals surface area contributed by atoms with Crippen LogP contribution in [0.25, 0.3) is 0 Å². The van der Waals surface area contributed by atoms with Gasteiger partial charge in [-0.05, 0) is 26.7 Å². The molecule has 0 aromatic rings. The maximum atomic E-state index is 12.2. The van der Waals surface area contributed by atoms with Crippen molar-refractivity contribution in [2.75, 3.05) is 19.8 Å². The number of nitrogens with zero attached hydrogens (tertiary/aromatic N) is 1. The quantitative estimate of drug-likeness (QED) is 0.689. The molecule has 1 heterocycles. The summed E-state index contributed by atoms with van der Waals surface area (Å²) >= 11 is 0. The van der Waals surface area contributed by atoms with E-state index < -0.39 is 0 Å². The Bertz CT molecular complexity index is 294. The Labute approximate surface area is 109 Å². The van der Waals surface area contributed by atoms with Crippen LogP contribution in [0, 0.1) is 0 Å². The fraction of sp³-hybridized carbons (Fsp3) is 0.846. The fourth-order valence-electron chi connectivity index (χ4n) is 2.16. The molecule has 0 aromatic carbocycles. The average molecular weight is 256 g/mol. The SMILES string of the molecule is CCCC1NC(=O)C(C)N(CCCOCC)C1=O. The van der Waals surface area contributed by atoms with Crippen molar-refractivity contribution in [1.29, 1.82) is 0 Å². The highest BCUT2D eigenvalue weighted by atomic mass is 16.5. The largest absolute Gasteiger partial charge is 0.382 e. The minimum absolute atomic E-state index is 0.0421. The second kappa shape index (κ2) is 7.36. The van der Waals surface area contributed by atoms with Crippen LogP contribution in [0.1, 0.15) is 40.0 Å². The molecule has 2 amide bonds. The van der Waals surface area contributed by atoms with E-state index in [1.807, 2.05) is 13.8 Å². The van der Waals surface area contributed by atoms with Crippen molar-refractivity contribution < 1.29 is 14.3 Å². The van der Waals surface area contributed by atoms with E-state index in [1.54, 1.807) is 11.8 Å². The van der Waals surface area contributed by atoms with Gasteiger partial charge in [-0.25, -0.2) is 0 Å². The highest BCUT2D eigenvalue weighted by molar-refractivity contribution is 5.96. The third-order valence-electron chi connectivity index (χ3n) is 3.21. The smallest absolute Gasteiger partial charge is 0.245 e. The van der Waals surface area contributed by atoms with Crippen molar-refractivity contribution in [3.8, 4) is 0 Å². The van der Waals surface area contributed by atoms with Crippen molar-refractivity contribution in [3.63, 3.8) is 0 Å². The predicted octanol–water partition coefficient (Wildman–Crippen LogP) is 0.929.